The van der Waals surface area contributed by atoms with Crippen LogP contribution in [-0.2, 0) is 22.6 Å². The SMILES string of the molecule is CN1Cc2cccc(c2)Oc2ccc(cc2)CCC(=O)NCC1=O. The van der Waals surface area contributed by atoms with Crippen LogP contribution in [0.4, 0.5) is 0 Å². The molecule has 0 saturated heterocycles. The second kappa shape index (κ2) is 7.17. The van der Waals surface area contributed by atoms with Gasteiger partial charge in [0.1, 0.15) is 11.5 Å². The van der Waals surface area contributed by atoms with E-state index in [-0.39, 0.29) is 18.4 Å². The Bertz CT molecular complexity index is 741. The molecule has 124 valence electrons. The molecule has 0 unspecified atom stereocenters. The molecule has 2 aliphatic heterocycles. The predicted molar refractivity (Wildman–Crippen MR) is 90.8 cm³/mol. The van der Waals surface area contributed by atoms with E-state index < -0.39 is 0 Å². The molecule has 4 rings (SSSR count). The van der Waals surface area contributed by atoms with Gasteiger partial charge in [-0.1, -0.05) is 24.3 Å². The Morgan fingerprint density at radius 3 is 2.54 bits per heavy atom. The van der Waals surface area contributed by atoms with Crippen LogP contribution < -0.4 is 10.1 Å². The van der Waals surface area contributed by atoms with Gasteiger partial charge in [-0.2, -0.15) is 0 Å². The van der Waals surface area contributed by atoms with E-state index in [1.54, 1.807) is 11.9 Å². The average molecular weight is 324 g/mol. The molecule has 5 nitrogen and oxygen atoms in total. The van der Waals surface area contributed by atoms with E-state index >= 15 is 0 Å². The lowest BCUT2D eigenvalue weighted by Crippen LogP contribution is -2.37. The third-order valence-corrected chi connectivity index (χ3v) is 3.98. The number of nitrogens with zero attached hydrogens (tertiary/aromatic N) is 1. The number of carbonyl (C=O) groups excluding carboxylic acids is 2. The normalized spacial score (nSPS) is 15.8. The minimum Gasteiger partial charge on any atom is -0.457 e. The zero-order chi connectivity index (χ0) is 16.9. The van der Waals surface area contributed by atoms with Crippen molar-refractivity contribution in [2.24, 2.45) is 0 Å². The van der Waals surface area contributed by atoms with Crippen LogP contribution in [0.15, 0.2) is 48.5 Å². The Labute approximate surface area is 141 Å². The van der Waals surface area contributed by atoms with Crippen molar-refractivity contribution in [3.63, 3.8) is 0 Å². The van der Waals surface area contributed by atoms with Crippen molar-refractivity contribution in [1.82, 2.24) is 10.2 Å². The highest BCUT2D eigenvalue weighted by Crippen LogP contribution is 2.23. The van der Waals surface area contributed by atoms with Crippen LogP contribution in [0.2, 0.25) is 0 Å². The molecule has 0 fully saturated rings. The van der Waals surface area contributed by atoms with E-state index in [1.165, 1.54) is 0 Å². The molecule has 1 N–H and O–H groups in total. The third-order valence-electron chi connectivity index (χ3n) is 3.98. The maximum Gasteiger partial charge on any atom is 0.242 e. The molecular weight excluding hydrogens is 304 g/mol. The minimum atomic E-state index is -0.120. The Morgan fingerprint density at radius 1 is 0.958 bits per heavy atom. The van der Waals surface area contributed by atoms with Crippen LogP contribution >= 0.6 is 0 Å². The molecule has 2 aromatic rings. The lowest BCUT2D eigenvalue weighted by molar-refractivity contribution is -0.132. The number of benzene rings is 2. The molecule has 24 heavy (non-hydrogen) atoms. The summed E-state index contributed by atoms with van der Waals surface area (Å²) in [4.78, 5) is 25.6. The van der Waals surface area contributed by atoms with Gasteiger partial charge in [0.25, 0.3) is 0 Å². The van der Waals surface area contributed by atoms with Gasteiger partial charge in [0, 0.05) is 20.0 Å². The Balaban J connectivity index is 1.87. The number of ether oxygens (including phenoxy) is 1. The number of rotatable bonds is 0. The zero-order valence-corrected chi connectivity index (χ0v) is 13.6. The van der Waals surface area contributed by atoms with Crippen LogP contribution in [0, 0.1) is 0 Å². The number of nitrogens with one attached hydrogen (secondary N) is 1. The Hall–Kier alpha value is -2.82. The van der Waals surface area contributed by atoms with Crippen molar-refractivity contribution in [3.05, 3.63) is 59.7 Å². The fourth-order valence-electron chi connectivity index (χ4n) is 2.59. The van der Waals surface area contributed by atoms with Crippen molar-refractivity contribution in [1.29, 1.82) is 0 Å². The molecular formula is C19H20N2O3. The molecule has 0 radical (unpaired) electrons. The Kier molecular flexibility index (Phi) is 4.79. The highest BCUT2D eigenvalue weighted by molar-refractivity contribution is 5.84. The van der Waals surface area contributed by atoms with Crippen LogP contribution in [0.1, 0.15) is 17.5 Å². The number of carbonyl (C=O) groups is 2. The Morgan fingerprint density at radius 2 is 1.75 bits per heavy atom. The van der Waals surface area contributed by atoms with Gasteiger partial charge in [-0.3, -0.25) is 9.59 Å². The molecule has 5 heteroatoms. The fourth-order valence-corrected chi connectivity index (χ4v) is 2.59. The predicted octanol–water partition coefficient (Wildman–Crippen LogP) is 2.50. The van der Waals surface area contributed by atoms with Gasteiger partial charge in [-0.05, 0) is 41.8 Å². The number of likely N-dealkylation sites (N-methyl/N-ethyl adjacent to an activating group) is 1. The number of hydrogen-bond donors (Lipinski definition) is 1. The van der Waals surface area contributed by atoms with Crippen LogP contribution in [-0.4, -0.2) is 30.3 Å². The van der Waals surface area contributed by atoms with E-state index in [0.29, 0.717) is 19.4 Å². The first kappa shape index (κ1) is 16.1. The molecule has 2 amide bonds. The summed E-state index contributed by atoms with van der Waals surface area (Å²) in [5.41, 5.74) is 2.03. The van der Waals surface area contributed by atoms with E-state index in [2.05, 4.69) is 5.32 Å². The van der Waals surface area contributed by atoms with Gasteiger partial charge < -0.3 is 15.0 Å². The third kappa shape index (κ3) is 4.13. The lowest BCUT2D eigenvalue weighted by atomic mass is 10.1. The topological polar surface area (TPSA) is 58.6 Å². The monoisotopic (exact) mass is 324 g/mol. The zero-order valence-electron chi connectivity index (χ0n) is 13.6. The molecule has 4 bridgehead atoms. The van der Waals surface area contributed by atoms with Crippen molar-refractivity contribution < 1.29 is 14.3 Å². The smallest absolute Gasteiger partial charge is 0.242 e. The highest BCUT2D eigenvalue weighted by Gasteiger charge is 2.12. The molecule has 0 aromatic heterocycles. The molecule has 2 aromatic carbocycles. The lowest BCUT2D eigenvalue weighted by Gasteiger charge is -2.18. The van der Waals surface area contributed by atoms with E-state index in [9.17, 15) is 9.59 Å². The van der Waals surface area contributed by atoms with Crippen LogP contribution in [0.5, 0.6) is 11.5 Å². The summed E-state index contributed by atoms with van der Waals surface area (Å²) in [5.74, 6) is 1.25. The first-order valence-electron chi connectivity index (χ1n) is 7.96. The molecule has 2 aliphatic rings. The van der Waals surface area contributed by atoms with E-state index in [1.807, 2.05) is 48.5 Å². The van der Waals surface area contributed by atoms with Gasteiger partial charge >= 0.3 is 0 Å². The van der Waals surface area contributed by atoms with E-state index in [4.69, 9.17) is 4.74 Å². The number of fused-ring (bicyclic) bond motifs is 9. The van der Waals surface area contributed by atoms with Crippen molar-refractivity contribution in [2.75, 3.05) is 13.6 Å². The number of aryl methyl sites for hydroxylation is 1. The summed E-state index contributed by atoms with van der Waals surface area (Å²) < 4.78 is 5.87. The number of amides is 2. The van der Waals surface area contributed by atoms with Crippen molar-refractivity contribution in [2.45, 2.75) is 19.4 Å². The first-order valence-corrected chi connectivity index (χ1v) is 7.96. The summed E-state index contributed by atoms with van der Waals surface area (Å²) in [6.07, 6.45) is 0.988. The van der Waals surface area contributed by atoms with Gasteiger partial charge in [0.15, 0.2) is 0 Å². The summed E-state index contributed by atoms with van der Waals surface area (Å²) in [7, 11) is 1.73. The quantitative estimate of drug-likeness (QED) is 0.810. The maximum absolute atomic E-state index is 12.1. The van der Waals surface area contributed by atoms with Crippen LogP contribution in [0.25, 0.3) is 0 Å². The standard InChI is InChI=1S/C19H20N2O3/c1-21-13-15-3-2-4-17(11-15)24-16-8-5-14(6-9-16)7-10-18(22)20-12-19(21)23/h2-6,8-9,11H,7,10,12-13H2,1H3,(H,20,22). The highest BCUT2D eigenvalue weighted by atomic mass is 16.5. The minimum absolute atomic E-state index is 0.0183. The summed E-state index contributed by atoms with van der Waals surface area (Å²) in [6, 6.07) is 15.4. The average Bonchev–Trinajstić information content (AvgIpc) is 2.58. The second-order valence-corrected chi connectivity index (χ2v) is 5.92. The van der Waals surface area contributed by atoms with Gasteiger partial charge in [0.05, 0.1) is 6.54 Å². The van der Waals surface area contributed by atoms with E-state index in [0.717, 1.165) is 22.6 Å². The van der Waals surface area contributed by atoms with Gasteiger partial charge in [-0.15, -0.1) is 0 Å². The summed E-state index contributed by atoms with van der Waals surface area (Å²) >= 11 is 0. The first-order chi connectivity index (χ1) is 11.6. The summed E-state index contributed by atoms with van der Waals surface area (Å²) in [6.45, 7) is 0.481. The van der Waals surface area contributed by atoms with Gasteiger partial charge in [-0.25, -0.2) is 0 Å². The van der Waals surface area contributed by atoms with Gasteiger partial charge in [0.2, 0.25) is 11.8 Å². The maximum atomic E-state index is 12.1. The summed E-state index contributed by atoms with van der Waals surface area (Å²) in [5, 5.41) is 2.69. The van der Waals surface area contributed by atoms with Crippen LogP contribution in [0.3, 0.4) is 0 Å². The largest absolute Gasteiger partial charge is 0.457 e. The fraction of sp³-hybridized carbons (Fsp3) is 0.263. The molecule has 0 saturated carbocycles. The number of hydrogen-bond acceptors (Lipinski definition) is 3. The molecule has 2 heterocycles. The molecule has 0 atom stereocenters. The second-order valence-electron chi connectivity index (χ2n) is 5.92. The van der Waals surface area contributed by atoms with Crippen molar-refractivity contribution in [3.8, 4) is 11.5 Å². The van der Waals surface area contributed by atoms with Crippen molar-refractivity contribution >= 4 is 11.8 Å². The molecule has 0 aliphatic carbocycles. The molecule has 0 spiro atoms.